The lowest BCUT2D eigenvalue weighted by Gasteiger charge is -2.28. The second kappa shape index (κ2) is 7.31. The predicted octanol–water partition coefficient (Wildman–Crippen LogP) is 3.40. The highest BCUT2D eigenvalue weighted by Crippen LogP contribution is 2.32. The zero-order valence-electron chi connectivity index (χ0n) is 14.2. The number of nitrogens with zero attached hydrogens (tertiary/aromatic N) is 3. The van der Waals surface area contributed by atoms with Gasteiger partial charge in [0.1, 0.15) is 11.6 Å². The molecule has 0 saturated heterocycles. The molecular weight excluding hydrogens is 387 g/mol. The van der Waals surface area contributed by atoms with Gasteiger partial charge in [-0.1, -0.05) is 23.2 Å². The van der Waals surface area contributed by atoms with Crippen molar-refractivity contribution >= 4 is 23.2 Å². The highest BCUT2D eigenvalue weighted by atomic mass is 35.5. The Morgan fingerprint density at radius 2 is 2.00 bits per heavy atom. The topological polar surface area (TPSA) is 82.1 Å². The van der Waals surface area contributed by atoms with E-state index in [9.17, 15) is 9.90 Å². The summed E-state index contributed by atoms with van der Waals surface area (Å²) in [5.74, 6) is 0.555. The predicted molar refractivity (Wildman–Crippen MR) is 104 cm³/mol. The SMILES string of the molecule is O=c1[nH]c(-c2ccncc2)nc2c1CCN(Cc1cc(Cl)cc(Cl)c1O)C2. The molecule has 27 heavy (non-hydrogen) atoms. The number of phenols is 1. The number of benzene rings is 1. The fraction of sp³-hybridized carbons (Fsp3) is 0.211. The molecule has 0 unspecified atom stereocenters. The molecule has 0 radical (unpaired) electrons. The number of hydrogen-bond donors (Lipinski definition) is 2. The maximum atomic E-state index is 12.5. The van der Waals surface area contributed by atoms with Crippen LogP contribution < -0.4 is 5.56 Å². The number of aromatic nitrogens is 3. The minimum absolute atomic E-state index is 0.0307. The first kappa shape index (κ1) is 18.0. The second-order valence-corrected chi connectivity index (χ2v) is 7.28. The van der Waals surface area contributed by atoms with Crippen LogP contribution in [0.15, 0.2) is 41.5 Å². The number of rotatable bonds is 3. The van der Waals surface area contributed by atoms with Crippen LogP contribution in [-0.2, 0) is 19.5 Å². The summed E-state index contributed by atoms with van der Waals surface area (Å²) < 4.78 is 0. The van der Waals surface area contributed by atoms with Crippen molar-refractivity contribution < 1.29 is 5.11 Å². The smallest absolute Gasteiger partial charge is 0.254 e. The van der Waals surface area contributed by atoms with Crippen molar-refractivity contribution in [2.45, 2.75) is 19.5 Å². The highest BCUT2D eigenvalue weighted by Gasteiger charge is 2.22. The molecule has 138 valence electrons. The van der Waals surface area contributed by atoms with E-state index in [1.807, 2.05) is 0 Å². The zero-order chi connectivity index (χ0) is 19.0. The fourth-order valence-corrected chi connectivity index (χ4v) is 3.79. The van der Waals surface area contributed by atoms with E-state index in [0.29, 0.717) is 48.0 Å². The van der Waals surface area contributed by atoms with Crippen LogP contribution in [0, 0.1) is 0 Å². The van der Waals surface area contributed by atoms with Crippen molar-refractivity contribution in [2.75, 3.05) is 6.54 Å². The first-order valence-corrected chi connectivity index (χ1v) is 9.18. The summed E-state index contributed by atoms with van der Waals surface area (Å²) in [6, 6.07) is 6.82. The summed E-state index contributed by atoms with van der Waals surface area (Å²) in [5.41, 5.74) is 2.79. The van der Waals surface area contributed by atoms with Crippen LogP contribution in [0.1, 0.15) is 16.8 Å². The molecule has 0 fully saturated rings. The lowest BCUT2D eigenvalue weighted by molar-refractivity contribution is 0.237. The van der Waals surface area contributed by atoms with Gasteiger partial charge in [-0.25, -0.2) is 4.98 Å². The average Bonchev–Trinajstić information content (AvgIpc) is 2.66. The van der Waals surface area contributed by atoms with Gasteiger partial charge in [0.2, 0.25) is 0 Å². The van der Waals surface area contributed by atoms with E-state index < -0.39 is 0 Å². The van der Waals surface area contributed by atoms with Crippen LogP contribution in [-0.4, -0.2) is 31.5 Å². The Labute approximate surface area is 165 Å². The van der Waals surface area contributed by atoms with Crippen molar-refractivity contribution in [2.24, 2.45) is 0 Å². The number of phenolic OH excluding ortho intramolecular Hbond substituents is 1. The standard InChI is InChI=1S/C19H16Cl2N4O2/c20-13-7-12(17(26)15(21)8-13)9-25-6-3-14-16(10-25)23-18(24-19(14)27)11-1-4-22-5-2-11/h1-2,4-5,7-8,26H,3,6,9-10H2,(H,23,24,27). The van der Waals surface area contributed by atoms with Crippen LogP contribution in [0.3, 0.4) is 0 Å². The summed E-state index contributed by atoms with van der Waals surface area (Å²) in [5, 5.41) is 10.9. The fourth-order valence-electron chi connectivity index (χ4n) is 3.26. The molecule has 8 heteroatoms. The van der Waals surface area contributed by atoms with E-state index in [-0.39, 0.29) is 16.3 Å². The molecule has 0 aliphatic carbocycles. The molecule has 2 aromatic heterocycles. The molecule has 3 aromatic rings. The second-order valence-electron chi connectivity index (χ2n) is 6.43. The first-order chi connectivity index (χ1) is 13.0. The molecule has 1 aliphatic rings. The molecule has 4 rings (SSSR count). The summed E-state index contributed by atoms with van der Waals surface area (Å²) in [6.45, 7) is 1.64. The van der Waals surface area contributed by atoms with Gasteiger partial charge in [0.25, 0.3) is 5.56 Å². The summed E-state index contributed by atoms with van der Waals surface area (Å²) >= 11 is 12.1. The highest BCUT2D eigenvalue weighted by molar-refractivity contribution is 6.35. The molecule has 0 saturated carbocycles. The number of pyridine rings is 1. The molecule has 3 heterocycles. The van der Waals surface area contributed by atoms with E-state index in [0.717, 1.165) is 11.3 Å². The maximum Gasteiger partial charge on any atom is 0.254 e. The molecule has 0 atom stereocenters. The van der Waals surface area contributed by atoms with Gasteiger partial charge in [0.05, 0.1) is 10.7 Å². The van der Waals surface area contributed by atoms with E-state index in [2.05, 4.69) is 19.9 Å². The number of aromatic hydroxyl groups is 1. The first-order valence-electron chi connectivity index (χ1n) is 8.43. The quantitative estimate of drug-likeness (QED) is 0.701. The van der Waals surface area contributed by atoms with Gasteiger partial charge >= 0.3 is 0 Å². The minimum atomic E-state index is -0.111. The monoisotopic (exact) mass is 402 g/mol. The summed E-state index contributed by atoms with van der Waals surface area (Å²) in [7, 11) is 0. The molecule has 2 N–H and O–H groups in total. The van der Waals surface area contributed by atoms with Gasteiger partial charge in [-0.2, -0.15) is 0 Å². The lowest BCUT2D eigenvalue weighted by atomic mass is 10.0. The largest absolute Gasteiger partial charge is 0.506 e. The third-order valence-electron chi connectivity index (χ3n) is 4.61. The maximum absolute atomic E-state index is 12.5. The van der Waals surface area contributed by atoms with Gasteiger partial charge in [-0.05, 0) is 30.7 Å². The Hall–Kier alpha value is -2.41. The Morgan fingerprint density at radius 1 is 1.22 bits per heavy atom. The summed E-state index contributed by atoms with van der Waals surface area (Å²) in [4.78, 5) is 26.1. The molecule has 6 nitrogen and oxygen atoms in total. The van der Waals surface area contributed by atoms with E-state index in [4.69, 9.17) is 23.2 Å². The number of aromatic amines is 1. The Morgan fingerprint density at radius 3 is 2.78 bits per heavy atom. The molecule has 0 spiro atoms. The van der Waals surface area contributed by atoms with Gasteiger partial charge in [0, 0.05) is 53.7 Å². The van der Waals surface area contributed by atoms with E-state index in [1.165, 1.54) is 6.07 Å². The number of nitrogens with one attached hydrogen (secondary N) is 1. The van der Waals surface area contributed by atoms with E-state index >= 15 is 0 Å². The van der Waals surface area contributed by atoms with E-state index in [1.54, 1.807) is 30.6 Å². The zero-order valence-corrected chi connectivity index (χ0v) is 15.8. The van der Waals surface area contributed by atoms with Crippen molar-refractivity contribution in [3.63, 3.8) is 0 Å². The lowest BCUT2D eigenvalue weighted by Crippen LogP contribution is -2.35. The van der Waals surface area contributed by atoms with Crippen LogP contribution in [0.4, 0.5) is 0 Å². The van der Waals surface area contributed by atoms with Gasteiger partial charge in [0.15, 0.2) is 0 Å². The van der Waals surface area contributed by atoms with Gasteiger partial charge < -0.3 is 10.1 Å². The Bertz CT molecular complexity index is 1050. The van der Waals surface area contributed by atoms with Crippen molar-refractivity contribution in [3.8, 4) is 17.1 Å². The molecular formula is C19H16Cl2N4O2. The van der Waals surface area contributed by atoms with Crippen LogP contribution in [0.25, 0.3) is 11.4 Å². The van der Waals surface area contributed by atoms with Gasteiger partial charge in [-0.15, -0.1) is 0 Å². The van der Waals surface area contributed by atoms with Crippen molar-refractivity contribution in [1.82, 2.24) is 19.9 Å². The Kier molecular flexibility index (Phi) is 4.86. The third-order valence-corrected chi connectivity index (χ3v) is 5.11. The number of H-pyrrole nitrogens is 1. The number of halogens is 2. The normalized spacial score (nSPS) is 14.1. The minimum Gasteiger partial charge on any atom is -0.506 e. The third kappa shape index (κ3) is 3.69. The molecule has 0 bridgehead atoms. The molecule has 1 aromatic carbocycles. The molecule has 1 aliphatic heterocycles. The Balaban J connectivity index is 1.63. The van der Waals surface area contributed by atoms with Crippen LogP contribution in [0.5, 0.6) is 5.75 Å². The number of fused-ring (bicyclic) bond motifs is 1. The summed E-state index contributed by atoms with van der Waals surface area (Å²) in [6.07, 6.45) is 3.91. The van der Waals surface area contributed by atoms with Crippen LogP contribution >= 0.6 is 23.2 Å². The van der Waals surface area contributed by atoms with Crippen molar-refractivity contribution in [1.29, 1.82) is 0 Å². The van der Waals surface area contributed by atoms with Crippen LogP contribution in [0.2, 0.25) is 10.0 Å². The number of hydrogen-bond acceptors (Lipinski definition) is 5. The van der Waals surface area contributed by atoms with Gasteiger partial charge in [-0.3, -0.25) is 14.7 Å². The van der Waals surface area contributed by atoms with Crippen molar-refractivity contribution in [3.05, 3.63) is 73.9 Å². The average molecular weight is 403 g/mol. The molecule has 0 amide bonds.